The van der Waals surface area contributed by atoms with Crippen molar-refractivity contribution in [1.29, 1.82) is 0 Å². The fourth-order valence-corrected chi connectivity index (χ4v) is 2.34. The number of nitrogens with zero attached hydrogens (tertiary/aromatic N) is 1. The Balaban J connectivity index is 0.00000200. The average molecular weight is 334 g/mol. The number of carbonyl (C=O) groups excluding carboxylic acids is 1. The predicted molar refractivity (Wildman–Crippen MR) is 92.6 cm³/mol. The van der Waals surface area contributed by atoms with Crippen LogP contribution in [0.4, 0.5) is 5.69 Å². The topological polar surface area (TPSA) is 58.4 Å². The molecule has 0 bridgehead atoms. The Bertz CT molecular complexity index is 434. The van der Waals surface area contributed by atoms with E-state index in [2.05, 4.69) is 22.3 Å². The van der Waals surface area contributed by atoms with Crippen molar-refractivity contribution in [3.8, 4) is 0 Å². The lowest BCUT2D eigenvalue weighted by Gasteiger charge is -2.35. The summed E-state index contributed by atoms with van der Waals surface area (Å²) in [5, 5.41) is 3.05. The van der Waals surface area contributed by atoms with Gasteiger partial charge in [-0.15, -0.1) is 24.8 Å². The molecule has 120 valence electrons. The van der Waals surface area contributed by atoms with Crippen LogP contribution in [0.1, 0.15) is 26.7 Å². The Kier molecular flexibility index (Phi) is 8.08. The maximum absolute atomic E-state index is 11.9. The van der Waals surface area contributed by atoms with Crippen LogP contribution in [-0.2, 0) is 4.79 Å². The van der Waals surface area contributed by atoms with E-state index in [1.807, 2.05) is 18.2 Å². The molecule has 1 aromatic carbocycles. The Labute approximate surface area is 139 Å². The molecule has 21 heavy (non-hydrogen) atoms. The molecular formula is C15H25Cl2N3O. The first-order valence-electron chi connectivity index (χ1n) is 6.86. The van der Waals surface area contributed by atoms with E-state index < -0.39 is 5.54 Å². The molecule has 0 aliphatic carbocycles. The van der Waals surface area contributed by atoms with Gasteiger partial charge < -0.3 is 16.0 Å². The summed E-state index contributed by atoms with van der Waals surface area (Å²) in [5.41, 5.74) is 6.22. The number of hydrogen-bond donors (Lipinski definition) is 2. The minimum atomic E-state index is -0.810. The highest BCUT2D eigenvalue weighted by atomic mass is 35.5. The molecule has 0 spiro atoms. The molecule has 1 aromatic rings. The van der Waals surface area contributed by atoms with Crippen LogP contribution in [0.3, 0.4) is 0 Å². The molecule has 4 nitrogen and oxygen atoms in total. The van der Waals surface area contributed by atoms with Gasteiger partial charge in [-0.05, 0) is 38.8 Å². The summed E-state index contributed by atoms with van der Waals surface area (Å²) in [6.45, 7) is 5.37. The van der Waals surface area contributed by atoms with Gasteiger partial charge in [-0.2, -0.15) is 0 Å². The summed E-state index contributed by atoms with van der Waals surface area (Å²) in [6.07, 6.45) is 2.11. The average Bonchev–Trinajstić information content (AvgIpc) is 2.39. The molecule has 1 heterocycles. The molecule has 1 aliphatic heterocycles. The molecule has 1 saturated heterocycles. The molecule has 0 aromatic heterocycles. The number of amides is 1. The van der Waals surface area contributed by atoms with Gasteiger partial charge in [0.05, 0.1) is 5.54 Å². The van der Waals surface area contributed by atoms with Crippen molar-refractivity contribution >= 4 is 36.4 Å². The molecule has 1 atom stereocenters. The predicted octanol–water partition coefficient (Wildman–Crippen LogP) is 2.35. The maximum Gasteiger partial charge on any atom is 0.239 e. The summed E-state index contributed by atoms with van der Waals surface area (Å²) in [6, 6.07) is 10.5. The number of piperidine rings is 1. The molecule has 1 aliphatic rings. The first kappa shape index (κ1) is 20.0. The summed E-state index contributed by atoms with van der Waals surface area (Å²) < 4.78 is 0. The maximum atomic E-state index is 11.9. The van der Waals surface area contributed by atoms with Crippen LogP contribution in [0.15, 0.2) is 30.3 Å². The number of benzene rings is 1. The van der Waals surface area contributed by atoms with Gasteiger partial charge in [-0.1, -0.05) is 18.2 Å². The lowest BCUT2D eigenvalue weighted by Crippen LogP contribution is -2.55. The molecule has 1 unspecified atom stereocenters. The van der Waals surface area contributed by atoms with E-state index >= 15 is 0 Å². The standard InChI is InChI=1S/C15H23N3O.2ClH/c1-15(2,16)14(19)17-12-7-6-10-18(11-12)13-8-4-3-5-9-13;;/h3-5,8-9,12H,6-7,10-11,16H2,1-2H3,(H,17,19);2*1H. The molecule has 2 rings (SSSR count). The van der Waals surface area contributed by atoms with Crippen LogP contribution in [0, 0.1) is 0 Å². The van der Waals surface area contributed by atoms with Gasteiger partial charge in [0.1, 0.15) is 0 Å². The minimum Gasteiger partial charge on any atom is -0.369 e. The summed E-state index contributed by atoms with van der Waals surface area (Å²) in [7, 11) is 0. The summed E-state index contributed by atoms with van der Waals surface area (Å²) in [4.78, 5) is 14.2. The zero-order valence-corrected chi connectivity index (χ0v) is 14.2. The molecular weight excluding hydrogens is 309 g/mol. The lowest BCUT2D eigenvalue weighted by atomic mass is 10.0. The highest BCUT2D eigenvalue weighted by Crippen LogP contribution is 2.19. The van der Waals surface area contributed by atoms with Crippen molar-refractivity contribution in [3.05, 3.63) is 30.3 Å². The number of hydrogen-bond acceptors (Lipinski definition) is 3. The number of carbonyl (C=O) groups is 1. The van der Waals surface area contributed by atoms with Crippen molar-refractivity contribution in [1.82, 2.24) is 5.32 Å². The van der Waals surface area contributed by atoms with E-state index in [-0.39, 0.29) is 36.8 Å². The Morgan fingerprint density at radius 2 is 1.90 bits per heavy atom. The zero-order valence-electron chi connectivity index (χ0n) is 12.5. The molecule has 1 fully saturated rings. The number of halogens is 2. The van der Waals surface area contributed by atoms with Gasteiger partial charge in [-0.3, -0.25) is 4.79 Å². The SMILES string of the molecule is CC(C)(N)C(=O)NC1CCCN(c2ccccc2)C1.Cl.Cl. The van der Waals surface area contributed by atoms with Gasteiger partial charge in [0.25, 0.3) is 0 Å². The molecule has 0 saturated carbocycles. The third-order valence-corrected chi connectivity index (χ3v) is 3.46. The van der Waals surface area contributed by atoms with Gasteiger partial charge in [0, 0.05) is 24.8 Å². The van der Waals surface area contributed by atoms with Gasteiger partial charge >= 0.3 is 0 Å². The minimum absolute atomic E-state index is 0. The number of rotatable bonds is 3. The van der Waals surface area contributed by atoms with Gasteiger partial charge in [0.2, 0.25) is 5.91 Å². The first-order valence-corrected chi connectivity index (χ1v) is 6.86. The Morgan fingerprint density at radius 1 is 1.29 bits per heavy atom. The number of nitrogens with one attached hydrogen (secondary N) is 1. The second-order valence-corrected chi connectivity index (χ2v) is 5.82. The normalized spacial score (nSPS) is 18.2. The van der Waals surface area contributed by atoms with Crippen molar-refractivity contribution in [2.75, 3.05) is 18.0 Å². The number of para-hydroxylation sites is 1. The van der Waals surface area contributed by atoms with E-state index in [9.17, 15) is 4.79 Å². The van der Waals surface area contributed by atoms with Crippen LogP contribution in [0.25, 0.3) is 0 Å². The number of anilines is 1. The van der Waals surface area contributed by atoms with Crippen LogP contribution in [0.5, 0.6) is 0 Å². The Morgan fingerprint density at radius 3 is 2.48 bits per heavy atom. The van der Waals surface area contributed by atoms with Crippen LogP contribution < -0.4 is 16.0 Å². The van der Waals surface area contributed by atoms with Crippen molar-refractivity contribution in [2.45, 2.75) is 38.3 Å². The van der Waals surface area contributed by atoms with E-state index in [0.29, 0.717) is 0 Å². The highest BCUT2D eigenvalue weighted by Gasteiger charge is 2.27. The Hall–Kier alpha value is -0.970. The smallest absolute Gasteiger partial charge is 0.239 e. The van der Waals surface area contributed by atoms with Crippen LogP contribution >= 0.6 is 24.8 Å². The van der Waals surface area contributed by atoms with E-state index in [4.69, 9.17) is 5.73 Å². The highest BCUT2D eigenvalue weighted by molar-refractivity contribution is 5.86. The summed E-state index contributed by atoms with van der Waals surface area (Å²) >= 11 is 0. The van der Waals surface area contributed by atoms with Crippen molar-refractivity contribution in [3.63, 3.8) is 0 Å². The van der Waals surface area contributed by atoms with E-state index in [1.54, 1.807) is 13.8 Å². The molecule has 0 radical (unpaired) electrons. The lowest BCUT2D eigenvalue weighted by molar-refractivity contribution is -0.126. The van der Waals surface area contributed by atoms with E-state index in [0.717, 1.165) is 25.9 Å². The molecule has 1 amide bonds. The van der Waals surface area contributed by atoms with Crippen LogP contribution in [-0.4, -0.2) is 30.6 Å². The second-order valence-electron chi connectivity index (χ2n) is 5.82. The van der Waals surface area contributed by atoms with E-state index in [1.165, 1.54) is 5.69 Å². The zero-order chi connectivity index (χ0) is 13.9. The molecule has 6 heteroatoms. The third-order valence-electron chi connectivity index (χ3n) is 3.46. The monoisotopic (exact) mass is 333 g/mol. The van der Waals surface area contributed by atoms with Gasteiger partial charge in [-0.25, -0.2) is 0 Å². The first-order chi connectivity index (χ1) is 8.97. The summed E-state index contributed by atoms with van der Waals surface area (Å²) in [5.74, 6) is -0.0765. The molecule has 3 N–H and O–H groups in total. The fraction of sp³-hybridized carbons (Fsp3) is 0.533. The number of nitrogens with two attached hydrogens (primary N) is 1. The van der Waals surface area contributed by atoms with Crippen LogP contribution in [0.2, 0.25) is 0 Å². The largest absolute Gasteiger partial charge is 0.369 e. The third kappa shape index (κ3) is 5.73. The fourth-order valence-electron chi connectivity index (χ4n) is 2.34. The van der Waals surface area contributed by atoms with Gasteiger partial charge in [0.15, 0.2) is 0 Å². The second kappa shape index (κ2) is 8.47. The van der Waals surface area contributed by atoms with Crippen molar-refractivity contribution in [2.24, 2.45) is 5.73 Å². The van der Waals surface area contributed by atoms with Crippen molar-refractivity contribution < 1.29 is 4.79 Å². The quantitative estimate of drug-likeness (QED) is 0.892.